The topological polar surface area (TPSA) is 55.4 Å². The average molecular weight is 375 g/mol. The summed E-state index contributed by atoms with van der Waals surface area (Å²) in [6.07, 6.45) is 0.784. The van der Waals surface area contributed by atoms with Crippen molar-refractivity contribution in [3.05, 3.63) is 33.4 Å². The van der Waals surface area contributed by atoms with Crippen molar-refractivity contribution in [1.82, 2.24) is 5.32 Å². The highest BCUT2D eigenvalue weighted by atomic mass is 127. The van der Waals surface area contributed by atoms with E-state index in [0.29, 0.717) is 5.56 Å². The smallest absolute Gasteiger partial charge is 0.328 e. The fraction of sp³-hybridized carbons (Fsp3) is 0.429. The number of methoxy groups -OCH3 is 1. The molecule has 0 aliphatic heterocycles. The Hall–Kier alpha value is -1.11. The van der Waals surface area contributed by atoms with Crippen LogP contribution in [0.2, 0.25) is 0 Å². The lowest BCUT2D eigenvalue weighted by molar-refractivity contribution is -0.144. The van der Waals surface area contributed by atoms with Crippen LogP contribution in [0.25, 0.3) is 0 Å². The van der Waals surface area contributed by atoms with Gasteiger partial charge < -0.3 is 10.1 Å². The first kappa shape index (κ1) is 15.9. The number of nitrogens with one attached hydrogen (secondary N) is 1. The highest BCUT2D eigenvalue weighted by Gasteiger charge is 2.26. The molecule has 1 aromatic rings. The molecule has 1 amide bonds. The quantitative estimate of drug-likeness (QED) is 0.636. The lowest BCUT2D eigenvalue weighted by atomic mass is 9.99. The zero-order chi connectivity index (χ0) is 14.4. The van der Waals surface area contributed by atoms with Crippen LogP contribution in [0.5, 0.6) is 0 Å². The summed E-state index contributed by atoms with van der Waals surface area (Å²) in [7, 11) is 1.33. The molecule has 5 heteroatoms. The number of hydrogen-bond acceptors (Lipinski definition) is 3. The summed E-state index contributed by atoms with van der Waals surface area (Å²) in [5.74, 6) is -0.637. The number of ether oxygens (including phenoxy) is 1. The number of carbonyl (C=O) groups is 2. The van der Waals surface area contributed by atoms with Gasteiger partial charge in [0.1, 0.15) is 6.04 Å². The third kappa shape index (κ3) is 4.49. The normalized spacial score (nSPS) is 13.5. The standard InChI is InChI=1S/C14H18INO3/c1-4-9(2)12(14(18)19-3)16-13(17)10-6-5-7-11(15)8-10/h5-9,12H,4H2,1-3H3,(H,16,17)/t9-,12+/m1/s1. The summed E-state index contributed by atoms with van der Waals surface area (Å²) in [5.41, 5.74) is 0.545. The molecule has 0 aliphatic rings. The molecule has 1 aromatic carbocycles. The van der Waals surface area contributed by atoms with E-state index in [9.17, 15) is 9.59 Å². The molecule has 0 unspecified atom stereocenters. The summed E-state index contributed by atoms with van der Waals surface area (Å²) < 4.78 is 5.72. The Morgan fingerprint density at radius 3 is 2.63 bits per heavy atom. The van der Waals surface area contributed by atoms with Gasteiger partial charge in [-0.1, -0.05) is 26.3 Å². The zero-order valence-electron chi connectivity index (χ0n) is 11.3. The molecule has 0 aliphatic carbocycles. The molecule has 2 atom stereocenters. The van der Waals surface area contributed by atoms with Crippen LogP contribution in [-0.2, 0) is 9.53 Å². The van der Waals surface area contributed by atoms with E-state index < -0.39 is 12.0 Å². The number of carbonyl (C=O) groups excluding carboxylic acids is 2. The van der Waals surface area contributed by atoms with Crippen molar-refractivity contribution < 1.29 is 14.3 Å². The van der Waals surface area contributed by atoms with Gasteiger partial charge >= 0.3 is 5.97 Å². The molecular weight excluding hydrogens is 357 g/mol. The summed E-state index contributed by atoms with van der Waals surface area (Å²) in [4.78, 5) is 23.8. The Balaban J connectivity index is 2.84. The van der Waals surface area contributed by atoms with Crippen LogP contribution in [0.3, 0.4) is 0 Å². The van der Waals surface area contributed by atoms with Crippen LogP contribution in [-0.4, -0.2) is 25.0 Å². The van der Waals surface area contributed by atoms with Gasteiger partial charge in [-0.3, -0.25) is 4.79 Å². The van der Waals surface area contributed by atoms with Crippen molar-refractivity contribution >= 4 is 34.5 Å². The summed E-state index contributed by atoms with van der Waals surface area (Å²) in [5, 5.41) is 2.75. The lowest BCUT2D eigenvalue weighted by Crippen LogP contribution is -2.45. The molecule has 0 radical (unpaired) electrons. The minimum atomic E-state index is -0.611. The Morgan fingerprint density at radius 2 is 2.11 bits per heavy atom. The van der Waals surface area contributed by atoms with Crippen LogP contribution in [0.1, 0.15) is 30.6 Å². The van der Waals surface area contributed by atoms with E-state index >= 15 is 0 Å². The first-order valence-electron chi connectivity index (χ1n) is 6.13. The van der Waals surface area contributed by atoms with E-state index in [-0.39, 0.29) is 11.8 Å². The van der Waals surface area contributed by atoms with Crippen molar-refractivity contribution in [1.29, 1.82) is 0 Å². The fourth-order valence-electron chi connectivity index (χ4n) is 1.65. The third-order valence-corrected chi connectivity index (χ3v) is 3.71. The van der Waals surface area contributed by atoms with Crippen LogP contribution in [0.4, 0.5) is 0 Å². The van der Waals surface area contributed by atoms with Crippen LogP contribution in [0, 0.1) is 9.49 Å². The van der Waals surface area contributed by atoms with Gasteiger partial charge in [-0.2, -0.15) is 0 Å². The van der Waals surface area contributed by atoms with Crippen molar-refractivity contribution in [3.63, 3.8) is 0 Å². The van der Waals surface area contributed by atoms with Crippen molar-refractivity contribution in [2.45, 2.75) is 26.3 Å². The van der Waals surface area contributed by atoms with Gasteiger partial charge in [0, 0.05) is 9.13 Å². The second-order valence-corrected chi connectivity index (χ2v) is 5.62. The van der Waals surface area contributed by atoms with E-state index in [0.717, 1.165) is 9.99 Å². The first-order valence-corrected chi connectivity index (χ1v) is 7.21. The van der Waals surface area contributed by atoms with Crippen LogP contribution < -0.4 is 5.32 Å². The van der Waals surface area contributed by atoms with Gasteiger partial charge in [-0.05, 0) is 46.7 Å². The molecule has 1 N–H and O–H groups in total. The first-order chi connectivity index (χ1) is 8.99. The molecule has 0 aromatic heterocycles. The maximum atomic E-state index is 12.1. The van der Waals surface area contributed by atoms with Gasteiger partial charge in [0.25, 0.3) is 5.91 Å². The molecule has 104 valence electrons. The summed E-state index contributed by atoms with van der Waals surface area (Å²) in [6.45, 7) is 3.88. The minimum Gasteiger partial charge on any atom is -0.467 e. The monoisotopic (exact) mass is 375 g/mol. The van der Waals surface area contributed by atoms with Gasteiger partial charge in [0.15, 0.2) is 0 Å². The highest BCUT2D eigenvalue weighted by molar-refractivity contribution is 14.1. The molecule has 19 heavy (non-hydrogen) atoms. The van der Waals surface area contributed by atoms with E-state index in [4.69, 9.17) is 4.74 Å². The third-order valence-electron chi connectivity index (χ3n) is 3.04. The Bertz CT molecular complexity index is 462. The number of esters is 1. The molecule has 0 spiro atoms. The fourth-order valence-corrected chi connectivity index (χ4v) is 2.19. The van der Waals surface area contributed by atoms with E-state index in [1.54, 1.807) is 12.1 Å². The number of halogens is 1. The number of rotatable bonds is 5. The molecule has 0 bridgehead atoms. The Morgan fingerprint density at radius 1 is 1.42 bits per heavy atom. The Kier molecular flexibility index (Phi) is 6.27. The number of hydrogen-bond donors (Lipinski definition) is 1. The van der Waals surface area contributed by atoms with E-state index in [1.165, 1.54) is 7.11 Å². The second kappa shape index (κ2) is 7.47. The average Bonchev–Trinajstić information content (AvgIpc) is 2.42. The Labute approximate surface area is 127 Å². The maximum absolute atomic E-state index is 12.1. The largest absolute Gasteiger partial charge is 0.467 e. The SMILES string of the molecule is CC[C@@H](C)[C@H](NC(=O)c1cccc(I)c1)C(=O)OC. The minimum absolute atomic E-state index is 0.0270. The van der Waals surface area contributed by atoms with Gasteiger partial charge in [-0.15, -0.1) is 0 Å². The van der Waals surface area contributed by atoms with Crippen molar-refractivity contribution in [2.24, 2.45) is 5.92 Å². The van der Waals surface area contributed by atoms with E-state index in [1.807, 2.05) is 26.0 Å². The van der Waals surface area contributed by atoms with Gasteiger partial charge in [0.05, 0.1) is 7.11 Å². The lowest BCUT2D eigenvalue weighted by Gasteiger charge is -2.21. The van der Waals surface area contributed by atoms with Gasteiger partial charge in [-0.25, -0.2) is 4.79 Å². The van der Waals surface area contributed by atoms with E-state index in [2.05, 4.69) is 27.9 Å². The molecular formula is C14H18INO3. The van der Waals surface area contributed by atoms with Crippen LogP contribution >= 0.6 is 22.6 Å². The van der Waals surface area contributed by atoms with Gasteiger partial charge in [0.2, 0.25) is 0 Å². The summed E-state index contributed by atoms with van der Waals surface area (Å²) in [6, 6.07) is 6.61. The van der Waals surface area contributed by atoms with Crippen molar-refractivity contribution in [3.8, 4) is 0 Å². The predicted octanol–water partition coefficient (Wildman–Crippen LogP) is 2.61. The maximum Gasteiger partial charge on any atom is 0.328 e. The number of benzene rings is 1. The zero-order valence-corrected chi connectivity index (χ0v) is 13.4. The molecule has 0 saturated heterocycles. The molecule has 0 fully saturated rings. The molecule has 1 rings (SSSR count). The molecule has 0 heterocycles. The van der Waals surface area contributed by atoms with Crippen LogP contribution in [0.15, 0.2) is 24.3 Å². The highest BCUT2D eigenvalue weighted by Crippen LogP contribution is 2.12. The molecule has 4 nitrogen and oxygen atoms in total. The summed E-state index contributed by atoms with van der Waals surface area (Å²) >= 11 is 2.14. The number of amides is 1. The van der Waals surface area contributed by atoms with Crippen molar-refractivity contribution in [2.75, 3.05) is 7.11 Å². The molecule has 0 saturated carbocycles. The predicted molar refractivity (Wildman–Crippen MR) is 81.9 cm³/mol. The second-order valence-electron chi connectivity index (χ2n) is 4.37.